The van der Waals surface area contributed by atoms with Crippen molar-refractivity contribution in [2.24, 2.45) is 5.92 Å². The van der Waals surface area contributed by atoms with Gasteiger partial charge in [0.25, 0.3) is 0 Å². The van der Waals surface area contributed by atoms with Crippen LogP contribution < -0.4 is 9.80 Å². The molecule has 1 aliphatic heterocycles. The van der Waals surface area contributed by atoms with Gasteiger partial charge in [-0.1, -0.05) is 48.5 Å². The Morgan fingerprint density at radius 2 is 1.67 bits per heavy atom. The van der Waals surface area contributed by atoms with Crippen molar-refractivity contribution in [3.63, 3.8) is 0 Å². The lowest BCUT2D eigenvalue weighted by atomic mass is 9.96. The molecule has 4 aromatic rings. The molecule has 0 bridgehead atoms. The molecule has 8 nitrogen and oxygen atoms in total. The zero-order valence-corrected chi connectivity index (χ0v) is 18.2. The van der Waals surface area contributed by atoms with Gasteiger partial charge in [0.1, 0.15) is 12.7 Å². The summed E-state index contributed by atoms with van der Waals surface area (Å²) in [5.74, 6) is 1.41. The van der Waals surface area contributed by atoms with E-state index in [1.165, 1.54) is 6.33 Å². The van der Waals surface area contributed by atoms with Crippen molar-refractivity contribution in [3.05, 3.63) is 91.0 Å². The van der Waals surface area contributed by atoms with Crippen LogP contribution in [0.3, 0.4) is 0 Å². The van der Waals surface area contributed by atoms with Gasteiger partial charge in [0, 0.05) is 18.8 Å². The van der Waals surface area contributed by atoms with Gasteiger partial charge in [0.05, 0.1) is 12.5 Å². The van der Waals surface area contributed by atoms with Crippen LogP contribution in [0.1, 0.15) is 18.4 Å². The predicted octanol–water partition coefficient (Wildman–Crippen LogP) is 3.51. The quantitative estimate of drug-likeness (QED) is 0.457. The Labute approximate surface area is 192 Å². The van der Waals surface area contributed by atoms with E-state index in [0.29, 0.717) is 18.9 Å². The molecule has 2 aromatic carbocycles. The second kappa shape index (κ2) is 9.60. The largest absolute Gasteiger partial charge is 0.354 e. The fourth-order valence-electron chi connectivity index (χ4n) is 4.21. The van der Waals surface area contributed by atoms with Gasteiger partial charge in [-0.25, -0.2) is 9.67 Å². The molecule has 5 rings (SSSR count). The third-order valence-corrected chi connectivity index (χ3v) is 5.90. The Kier molecular flexibility index (Phi) is 6.06. The normalized spacial score (nSPS) is 15.9. The molecule has 1 atom stereocenters. The summed E-state index contributed by atoms with van der Waals surface area (Å²) in [6.07, 6.45) is 4.84. The molecule has 1 saturated heterocycles. The van der Waals surface area contributed by atoms with Gasteiger partial charge >= 0.3 is 0 Å². The third kappa shape index (κ3) is 4.74. The molecule has 1 unspecified atom stereocenters. The van der Waals surface area contributed by atoms with Crippen LogP contribution in [0.15, 0.2) is 85.5 Å². The molecule has 0 radical (unpaired) electrons. The van der Waals surface area contributed by atoms with Crippen LogP contribution >= 0.6 is 0 Å². The minimum absolute atomic E-state index is 0.112. The van der Waals surface area contributed by atoms with Crippen molar-refractivity contribution >= 4 is 17.4 Å². The van der Waals surface area contributed by atoms with E-state index in [2.05, 4.69) is 37.3 Å². The van der Waals surface area contributed by atoms with Crippen molar-refractivity contribution in [1.29, 1.82) is 0 Å². The molecule has 1 fully saturated rings. The van der Waals surface area contributed by atoms with E-state index in [9.17, 15) is 4.79 Å². The van der Waals surface area contributed by atoms with Crippen LogP contribution in [0.25, 0.3) is 5.82 Å². The summed E-state index contributed by atoms with van der Waals surface area (Å²) in [5, 5.41) is 12.7. The number of hydrogen-bond acceptors (Lipinski definition) is 6. The van der Waals surface area contributed by atoms with Crippen LogP contribution in [-0.2, 0) is 11.3 Å². The first-order valence-corrected chi connectivity index (χ1v) is 11.1. The van der Waals surface area contributed by atoms with Gasteiger partial charge in [-0.15, -0.1) is 10.2 Å². The Morgan fingerprint density at radius 1 is 0.939 bits per heavy atom. The van der Waals surface area contributed by atoms with Gasteiger partial charge < -0.3 is 9.80 Å². The zero-order valence-electron chi connectivity index (χ0n) is 18.2. The van der Waals surface area contributed by atoms with Crippen LogP contribution in [-0.4, -0.2) is 44.0 Å². The predicted molar refractivity (Wildman–Crippen MR) is 126 cm³/mol. The molecule has 33 heavy (non-hydrogen) atoms. The van der Waals surface area contributed by atoms with Crippen molar-refractivity contribution in [2.75, 3.05) is 22.9 Å². The van der Waals surface area contributed by atoms with Crippen LogP contribution in [0, 0.1) is 5.92 Å². The van der Waals surface area contributed by atoms with E-state index in [1.807, 2.05) is 65.6 Å². The van der Waals surface area contributed by atoms with Crippen LogP contribution in [0.5, 0.6) is 0 Å². The molecule has 0 N–H and O–H groups in total. The molecular formula is C25H25N7O. The van der Waals surface area contributed by atoms with Gasteiger partial charge in [-0.3, -0.25) is 4.79 Å². The van der Waals surface area contributed by atoms with Crippen molar-refractivity contribution in [3.8, 4) is 5.82 Å². The first-order chi connectivity index (χ1) is 16.3. The maximum absolute atomic E-state index is 13.7. The molecule has 8 heteroatoms. The lowest BCUT2D eigenvalue weighted by Crippen LogP contribution is -2.45. The molecule has 0 aliphatic carbocycles. The number of aromatic nitrogens is 5. The number of benzene rings is 2. The van der Waals surface area contributed by atoms with E-state index < -0.39 is 0 Å². The van der Waals surface area contributed by atoms with E-state index in [-0.39, 0.29) is 11.8 Å². The number of hydrogen-bond donors (Lipinski definition) is 0. The van der Waals surface area contributed by atoms with Crippen LogP contribution in [0.4, 0.5) is 11.5 Å². The first-order valence-electron chi connectivity index (χ1n) is 11.1. The number of amides is 1. The van der Waals surface area contributed by atoms with Crippen molar-refractivity contribution in [1.82, 2.24) is 25.0 Å². The second-order valence-electron chi connectivity index (χ2n) is 8.12. The Morgan fingerprint density at radius 3 is 2.36 bits per heavy atom. The highest BCUT2D eigenvalue weighted by atomic mass is 16.2. The highest BCUT2D eigenvalue weighted by Gasteiger charge is 2.31. The molecule has 0 saturated carbocycles. The molecule has 2 aromatic heterocycles. The lowest BCUT2D eigenvalue weighted by Gasteiger charge is -2.35. The summed E-state index contributed by atoms with van der Waals surface area (Å²) in [7, 11) is 0. The molecule has 0 spiro atoms. The highest BCUT2D eigenvalue weighted by Crippen LogP contribution is 2.26. The topological polar surface area (TPSA) is 80.0 Å². The average molecular weight is 440 g/mol. The average Bonchev–Trinajstić information content (AvgIpc) is 3.43. The summed E-state index contributed by atoms with van der Waals surface area (Å²) in [6.45, 7) is 2.02. The smallest absolute Gasteiger partial charge is 0.232 e. The number of carbonyl (C=O) groups excluding carboxylic acids is 1. The number of piperidine rings is 1. The summed E-state index contributed by atoms with van der Waals surface area (Å²) < 4.78 is 1.57. The fraction of sp³-hybridized carbons (Fsp3) is 0.240. The SMILES string of the molecule is O=C(C1CCCN(c2ccc(-n3cncn3)nn2)C1)N(Cc1ccccc1)c1ccccc1. The Balaban J connectivity index is 1.34. The zero-order chi connectivity index (χ0) is 22.5. The highest BCUT2D eigenvalue weighted by molar-refractivity contribution is 5.95. The van der Waals surface area contributed by atoms with E-state index in [4.69, 9.17) is 0 Å². The van der Waals surface area contributed by atoms with Crippen molar-refractivity contribution in [2.45, 2.75) is 19.4 Å². The number of rotatable bonds is 6. The maximum Gasteiger partial charge on any atom is 0.232 e. The summed E-state index contributed by atoms with van der Waals surface area (Å²) in [6, 6.07) is 23.8. The minimum Gasteiger partial charge on any atom is -0.354 e. The number of anilines is 2. The molecular weight excluding hydrogens is 414 g/mol. The summed E-state index contributed by atoms with van der Waals surface area (Å²) in [5.41, 5.74) is 2.03. The van der Waals surface area contributed by atoms with E-state index >= 15 is 0 Å². The molecule has 1 aliphatic rings. The lowest BCUT2D eigenvalue weighted by molar-refractivity contribution is -0.122. The molecule has 3 heterocycles. The first kappa shape index (κ1) is 20.8. The molecule has 166 valence electrons. The Hall–Kier alpha value is -4.07. The minimum atomic E-state index is -0.112. The van der Waals surface area contributed by atoms with Crippen LogP contribution in [0.2, 0.25) is 0 Å². The number of para-hydroxylation sites is 1. The second-order valence-corrected chi connectivity index (χ2v) is 8.12. The van der Waals surface area contributed by atoms with E-state index in [0.717, 1.165) is 36.5 Å². The Bertz CT molecular complexity index is 1160. The fourth-order valence-corrected chi connectivity index (χ4v) is 4.21. The van der Waals surface area contributed by atoms with Gasteiger partial charge in [-0.2, -0.15) is 5.10 Å². The standard InChI is InChI=1S/C25H25N7O/c33-25(31(22-11-5-2-6-12-22)16-20-8-3-1-4-9-20)21-10-7-15-30(17-21)23-13-14-24(29-28-23)32-19-26-18-27-32/h1-6,8-9,11-14,18-19,21H,7,10,15-17H2. The third-order valence-electron chi connectivity index (χ3n) is 5.90. The van der Waals surface area contributed by atoms with Gasteiger partial charge in [0.15, 0.2) is 11.6 Å². The van der Waals surface area contributed by atoms with Gasteiger partial charge in [0.2, 0.25) is 5.91 Å². The maximum atomic E-state index is 13.7. The number of carbonyl (C=O) groups is 1. The summed E-state index contributed by atoms with van der Waals surface area (Å²) in [4.78, 5) is 21.7. The van der Waals surface area contributed by atoms with Crippen molar-refractivity contribution < 1.29 is 4.79 Å². The summed E-state index contributed by atoms with van der Waals surface area (Å²) >= 11 is 0. The van der Waals surface area contributed by atoms with Gasteiger partial charge in [-0.05, 0) is 42.7 Å². The monoisotopic (exact) mass is 439 g/mol. The number of nitrogens with zero attached hydrogens (tertiary/aromatic N) is 7. The molecule has 1 amide bonds. The van der Waals surface area contributed by atoms with E-state index in [1.54, 1.807) is 11.0 Å².